The number of hydrogen-bond acceptors (Lipinski definition) is 5. The minimum Gasteiger partial charge on any atom is -0.495 e. The van der Waals surface area contributed by atoms with Crippen LogP contribution in [0.2, 0.25) is 0 Å². The molecule has 5 aliphatic rings. The number of piperazine rings is 1. The minimum atomic E-state index is -0.763. The lowest BCUT2D eigenvalue weighted by Gasteiger charge is -2.61. The number of carbonyl (C=O) groups is 1. The fourth-order valence-electron chi connectivity index (χ4n) is 9.96. The monoisotopic (exact) mass is 616 g/mol. The molecule has 44 heavy (non-hydrogen) atoms. The highest BCUT2D eigenvalue weighted by molar-refractivity contribution is 5.69. The Labute approximate surface area is 271 Å². The standard InChI is InChI=1S/C21H36.C13H18N2O3.C2H6.CH5N.CH4/c1-14-9-11-21(4)16(13-14)6-7-17-18-8-5-15(2)20(18,3)12-10-19(17)21;1-18-12-5-3-2-4-11(12)15-8-6-14(7-9-15)10-13(16)17;2*1-2;/h14-19H,5-13H2,1-4H3;2-5H,6-10H2,1H3,(H,16,17);1-2H3;2H2,1H3;1H4. The number of ether oxygens (including phenoxy) is 1. The van der Waals surface area contributed by atoms with Crippen LogP contribution < -0.4 is 15.4 Å². The van der Waals surface area contributed by atoms with E-state index in [9.17, 15) is 4.79 Å². The second kappa shape index (κ2) is 17.2. The molecule has 254 valence electrons. The zero-order valence-electron chi connectivity index (χ0n) is 28.9. The van der Waals surface area contributed by atoms with Crippen molar-refractivity contribution in [1.29, 1.82) is 0 Å². The first kappa shape index (κ1) is 38.4. The summed E-state index contributed by atoms with van der Waals surface area (Å²) in [6.07, 6.45) is 13.9. The van der Waals surface area contributed by atoms with Crippen molar-refractivity contribution in [3.05, 3.63) is 24.3 Å². The van der Waals surface area contributed by atoms with Gasteiger partial charge >= 0.3 is 5.97 Å². The molecule has 0 bridgehead atoms. The topological polar surface area (TPSA) is 79.0 Å². The summed E-state index contributed by atoms with van der Waals surface area (Å²) in [5, 5.41) is 8.76. The smallest absolute Gasteiger partial charge is 0.317 e. The molecule has 0 radical (unpaired) electrons. The lowest BCUT2D eigenvalue weighted by atomic mass is 9.44. The zero-order chi connectivity index (χ0) is 31.8. The first-order valence-electron chi connectivity index (χ1n) is 17.6. The fraction of sp³-hybridized carbons (Fsp3) is 0.816. The molecule has 4 saturated carbocycles. The highest BCUT2D eigenvalue weighted by atomic mass is 16.5. The third-order valence-corrected chi connectivity index (χ3v) is 12.6. The summed E-state index contributed by atoms with van der Waals surface area (Å²) in [5.74, 6) is 6.38. The van der Waals surface area contributed by atoms with Crippen LogP contribution in [0.4, 0.5) is 5.69 Å². The van der Waals surface area contributed by atoms with Crippen LogP contribution in [-0.4, -0.2) is 62.9 Å². The van der Waals surface area contributed by atoms with Crippen LogP contribution >= 0.6 is 0 Å². The van der Waals surface area contributed by atoms with Crippen LogP contribution in [0.1, 0.15) is 107 Å². The van der Waals surface area contributed by atoms with Crippen molar-refractivity contribution in [3.63, 3.8) is 0 Å². The van der Waals surface area contributed by atoms with E-state index in [0.29, 0.717) is 10.8 Å². The van der Waals surface area contributed by atoms with Crippen LogP contribution in [0, 0.1) is 46.3 Å². The number of rotatable bonds is 4. The Balaban J connectivity index is 0.000000273. The van der Waals surface area contributed by atoms with Crippen molar-refractivity contribution in [3.8, 4) is 5.75 Å². The Morgan fingerprint density at radius 3 is 2.16 bits per heavy atom. The van der Waals surface area contributed by atoms with Gasteiger partial charge in [0.1, 0.15) is 5.75 Å². The molecule has 8 atom stereocenters. The lowest BCUT2D eigenvalue weighted by Crippen LogP contribution is -2.53. The van der Waals surface area contributed by atoms with E-state index in [1.807, 2.05) is 43.0 Å². The summed E-state index contributed by atoms with van der Waals surface area (Å²) >= 11 is 0. The number of carboxylic acid groups (broad SMARTS) is 1. The van der Waals surface area contributed by atoms with Gasteiger partial charge in [0.05, 0.1) is 19.3 Å². The largest absolute Gasteiger partial charge is 0.495 e. The summed E-state index contributed by atoms with van der Waals surface area (Å²) in [5.41, 5.74) is 6.99. The summed E-state index contributed by atoms with van der Waals surface area (Å²) in [6.45, 7) is 17.7. The van der Waals surface area contributed by atoms with E-state index in [1.54, 1.807) is 39.2 Å². The fourth-order valence-corrected chi connectivity index (χ4v) is 9.96. The average molecular weight is 616 g/mol. The second-order valence-electron chi connectivity index (χ2n) is 14.4. The predicted octanol–water partition coefficient (Wildman–Crippen LogP) is 8.44. The van der Waals surface area contributed by atoms with E-state index in [4.69, 9.17) is 9.84 Å². The van der Waals surface area contributed by atoms with Crippen LogP contribution in [0.5, 0.6) is 5.75 Å². The zero-order valence-corrected chi connectivity index (χ0v) is 28.9. The molecule has 0 aromatic heterocycles. The highest BCUT2D eigenvalue weighted by Crippen LogP contribution is 2.67. The van der Waals surface area contributed by atoms with Gasteiger partial charge in [-0.3, -0.25) is 9.69 Å². The Kier molecular flexibility index (Phi) is 15.0. The maximum atomic E-state index is 10.6. The number of methoxy groups -OCH3 is 1. The molecule has 4 aliphatic carbocycles. The molecule has 1 aromatic carbocycles. The van der Waals surface area contributed by atoms with E-state index in [-0.39, 0.29) is 14.0 Å². The van der Waals surface area contributed by atoms with Gasteiger partial charge in [-0.2, -0.15) is 0 Å². The van der Waals surface area contributed by atoms with Gasteiger partial charge in [0.15, 0.2) is 0 Å². The van der Waals surface area contributed by atoms with Crippen molar-refractivity contribution in [2.45, 2.75) is 107 Å². The molecule has 0 amide bonds. The molecule has 0 spiro atoms. The van der Waals surface area contributed by atoms with Crippen molar-refractivity contribution < 1.29 is 14.6 Å². The van der Waals surface area contributed by atoms with Gasteiger partial charge in [0, 0.05) is 26.2 Å². The number of para-hydroxylation sites is 2. The van der Waals surface area contributed by atoms with Gasteiger partial charge in [-0.05, 0) is 117 Å². The first-order chi connectivity index (χ1) is 20.7. The number of nitrogens with zero attached hydrogens (tertiary/aromatic N) is 2. The number of aliphatic carboxylic acids is 1. The number of anilines is 1. The average Bonchev–Trinajstić information content (AvgIpc) is 3.34. The summed E-state index contributed by atoms with van der Waals surface area (Å²) in [4.78, 5) is 14.8. The molecule has 1 aromatic rings. The van der Waals surface area contributed by atoms with E-state index in [0.717, 1.165) is 73.1 Å². The molecule has 6 rings (SSSR count). The van der Waals surface area contributed by atoms with Crippen LogP contribution in [0.3, 0.4) is 0 Å². The quantitative estimate of drug-likeness (QED) is 0.354. The third-order valence-electron chi connectivity index (χ3n) is 12.6. The number of benzene rings is 1. The minimum absolute atomic E-state index is 0. The number of hydrogen-bond donors (Lipinski definition) is 2. The summed E-state index contributed by atoms with van der Waals surface area (Å²) in [6, 6.07) is 7.91. The molecule has 5 fully saturated rings. The molecule has 6 heteroatoms. The van der Waals surface area contributed by atoms with Crippen molar-refractivity contribution in [2.24, 2.45) is 52.1 Å². The lowest BCUT2D eigenvalue weighted by molar-refractivity contribution is -0.138. The van der Waals surface area contributed by atoms with E-state index >= 15 is 0 Å². The van der Waals surface area contributed by atoms with Gasteiger partial charge < -0.3 is 20.5 Å². The molecule has 6 nitrogen and oxygen atoms in total. The molecule has 1 aliphatic heterocycles. The third kappa shape index (κ3) is 8.13. The molecular formula is C38H69N3O3. The maximum absolute atomic E-state index is 10.6. The SMILES string of the molecule is C.CC.CC1CCC2(C)C(CCC3C4CCC(C)C4(C)CCC32)C1.CN.COc1ccccc1N1CCN(CC(=O)O)CC1. The predicted molar refractivity (Wildman–Crippen MR) is 188 cm³/mol. The van der Waals surface area contributed by atoms with Crippen molar-refractivity contribution in [2.75, 3.05) is 51.8 Å². The summed E-state index contributed by atoms with van der Waals surface area (Å²) < 4.78 is 5.34. The normalized spacial score (nSPS) is 35.7. The van der Waals surface area contributed by atoms with Gasteiger partial charge in [-0.25, -0.2) is 0 Å². The molecule has 3 N–H and O–H groups in total. The highest BCUT2D eigenvalue weighted by Gasteiger charge is 2.59. The Morgan fingerprint density at radius 1 is 0.909 bits per heavy atom. The summed E-state index contributed by atoms with van der Waals surface area (Å²) in [7, 11) is 3.17. The van der Waals surface area contributed by atoms with Crippen LogP contribution in [0.15, 0.2) is 24.3 Å². The van der Waals surface area contributed by atoms with Gasteiger partial charge in [0.25, 0.3) is 0 Å². The maximum Gasteiger partial charge on any atom is 0.317 e. The first-order valence-corrected chi connectivity index (χ1v) is 17.6. The van der Waals surface area contributed by atoms with Gasteiger partial charge in [0.2, 0.25) is 0 Å². The van der Waals surface area contributed by atoms with Crippen LogP contribution in [0.25, 0.3) is 0 Å². The Morgan fingerprint density at radius 2 is 1.52 bits per heavy atom. The van der Waals surface area contributed by atoms with Gasteiger partial charge in [-0.1, -0.05) is 67.5 Å². The molecule has 1 saturated heterocycles. The van der Waals surface area contributed by atoms with Gasteiger partial charge in [-0.15, -0.1) is 0 Å². The van der Waals surface area contributed by atoms with Crippen LogP contribution in [-0.2, 0) is 4.79 Å². The number of nitrogens with two attached hydrogens (primary N) is 1. The molecule has 8 unspecified atom stereocenters. The van der Waals surface area contributed by atoms with E-state index in [2.05, 4.69) is 38.3 Å². The van der Waals surface area contributed by atoms with Crippen molar-refractivity contribution >= 4 is 11.7 Å². The molecular weight excluding hydrogens is 546 g/mol. The Hall–Kier alpha value is -1.79. The van der Waals surface area contributed by atoms with E-state index in [1.165, 1.54) is 32.7 Å². The molecule has 1 heterocycles. The number of fused-ring (bicyclic) bond motifs is 5. The number of carboxylic acids is 1. The van der Waals surface area contributed by atoms with E-state index < -0.39 is 5.97 Å². The van der Waals surface area contributed by atoms with Crippen molar-refractivity contribution in [1.82, 2.24) is 4.90 Å². The second-order valence-corrected chi connectivity index (χ2v) is 14.4. The Bertz CT molecular complexity index is 995.